The lowest BCUT2D eigenvalue weighted by atomic mass is 9.86. The summed E-state index contributed by atoms with van der Waals surface area (Å²) in [7, 11) is 1.61. The highest BCUT2D eigenvalue weighted by molar-refractivity contribution is 7.81. The highest BCUT2D eigenvalue weighted by Crippen LogP contribution is 2.51. The third-order valence-electron chi connectivity index (χ3n) is 5.36. The number of aryl methyl sites for hydroxylation is 1. The quantitative estimate of drug-likeness (QED) is 0.645. The molecule has 2 heterocycles. The summed E-state index contributed by atoms with van der Waals surface area (Å²) in [4.78, 5) is 0.243. The number of anilines is 1. The smallest absolute Gasteiger partial charge is 0.282 e. The maximum Gasteiger partial charge on any atom is 0.282 e. The molecule has 0 bridgehead atoms. The van der Waals surface area contributed by atoms with Gasteiger partial charge in [-0.25, -0.2) is 8.78 Å². The molecule has 146 valence electrons. The van der Waals surface area contributed by atoms with Crippen LogP contribution < -0.4 is 5.32 Å². The summed E-state index contributed by atoms with van der Waals surface area (Å²) >= 11 is 5.44. The Hall–Kier alpha value is -1.86. The minimum Gasteiger partial charge on any atom is -0.362 e. The number of thiocarbonyl (C=S) groups is 1. The Morgan fingerprint density at radius 2 is 2.04 bits per heavy atom. The molecule has 0 amide bonds. The molecule has 1 aromatic carbocycles. The molecule has 0 saturated heterocycles. The average molecular weight is 394 g/mol. The van der Waals surface area contributed by atoms with Gasteiger partial charge in [0, 0.05) is 24.5 Å². The number of nitrogens with zero attached hydrogens (tertiary/aromatic N) is 2. The number of fused-ring (bicyclic) bond motifs is 1. The second kappa shape index (κ2) is 7.64. The van der Waals surface area contributed by atoms with E-state index in [0.717, 1.165) is 36.1 Å². The van der Waals surface area contributed by atoms with Crippen molar-refractivity contribution >= 4 is 22.9 Å². The van der Waals surface area contributed by atoms with Crippen molar-refractivity contribution in [1.29, 1.82) is 0 Å². The van der Waals surface area contributed by atoms with E-state index < -0.39 is 6.43 Å². The van der Waals surface area contributed by atoms with Gasteiger partial charge in [-0.1, -0.05) is 45.1 Å². The van der Waals surface area contributed by atoms with E-state index in [1.54, 1.807) is 7.05 Å². The normalized spacial score (nSPS) is 18.0. The third-order valence-corrected chi connectivity index (χ3v) is 5.68. The van der Waals surface area contributed by atoms with Gasteiger partial charge in [0.05, 0.1) is 17.3 Å². The van der Waals surface area contributed by atoms with Crippen molar-refractivity contribution < 1.29 is 13.5 Å². The Bertz CT molecular complexity index is 846. The molecule has 1 unspecified atom stereocenters. The molecule has 1 aromatic heterocycles. The van der Waals surface area contributed by atoms with Gasteiger partial charge in [-0.15, -0.1) is 0 Å². The molecular weight excluding hydrogens is 368 g/mol. The molecule has 1 N–H and O–H groups in total. The molecule has 3 rings (SSSR count). The highest BCUT2D eigenvalue weighted by Gasteiger charge is 2.43. The first-order valence-electron chi connectivity index (χ1n) is 9.31. The second-order valence-corrected chi connectivity index (χ2v) is 7.25. The van der Waals surface area contributed by atoms with E-state index in [2.05, 4.69) is 37.3 Å². The zero-order chi connectivity index (χ0) is 19.8. The van der Waals surface area contributed by atoms with Crippen LogP contribution in [0.1, 0.15) is 74.9 Å². The minimum atomic E-state index is -2.68. The molecule has 1 aliphatic heterocycles. The zero-order valence-electron chi connectivity index (χ0n) is 16.1. The van der Waals surface area contributed by atoms with Crippen LogP contribution in [-0.2, 0) is 17.4 Å². The van der Waals surface area contributed by atoms with E-state index in [9.17, 15) is 8.78 Å². The fourth-order valence-electron chi connectivity index (χ4n) is 3.93. The fourth-order valence-corrected chi connectivity index (χ4v) is 4.20. The van der Waals surface area contributed by atoms with E-state index >= 15 is 0 Å². The lowest BCUT2D eigenvalue weighted by Gasteiger charge is -2.28. The van der Waals surface area contributed by atoms with Crippen LogP contribution in [0.4, 0.5) is 14.5 Å². The van der Waals surface area contributed by atoms with Gasteiger partial charge in [-0.2, -0.15) is 5.10 Å². The standard InChI is InChI=1S/C20H25F2N3OS/c1-5-15-16-13(20(6-2,7-3)26-15)9-8-10-14(16)23-19(27)12-11-25(4)24-17(12)18(21)22/h8-11,15,18H,5-7H2,1-4H3,(H,23,27). The van der Waals surface area contributed by atoms with Crippen LogP contribution in [0.15, 0.2) is 24.4 Å². The Kier molecular flexibility index (Phi) is 5.63. The number of hydrogen-bond donors (Lipinski definition) is 1. The largest absolute Gasteiger partial charge is 0.362 e. The van der Waals surface area contributed by atoms with Crippen molar-refractivity contribution in [2.75, 3.05) is 5.32 Å². The lowest BCUT2D eigenvalue weighted by molar-refractivity contribution is -0.0830. The molecule has 1 atom stereocenters. The number of alkyl halides is 2. The maximum atomic E-state index is 13.3. The topological polar surface area (TPSA) is 39.1 Å². The summed E-state index contributed by atoms with van der Waals surface area (Å²) in [5, 5.41) is 7.02. The molecular formula is C20H25F2N3OS. The summed E-state index contributed by atoms with van der Waals surface area (Å²) in [5.41, 5.74) is 2.70. The van der Waals surface area contributed by atoms with Crippen LogP contribution >= 0.6 is 12.2 Å². The number of aromatic nitrogens is 2. The van der Waals surface area contributed by atoms with Gasteiger partial charge < -0.3 is 10.1 Å². The van der Waals surface area contributed by atoms with Crippen molar-refractivity contribution in [1.82, 2.24) is 9.78 Å². The molecule has 2 aromatic rings. The van der Waals surface area contributed by atoms with Gasteiger partial charge >= 0.3 is 0 Å². The Labute approximate surface area is 163 Å². The number of benzene rings is 1. The third kappa shape index (κ3) is 3.38. The van der Waals surface area contributed by atoms with Gasteiger partial charge in [-0.05, 0) is 30.9 Å². The van der Waals surface area contributed by atoms with E-state index in [0.29, 0.717) is 0 Å². The zero-order valence-corrected chi connectivity index (χ0v) is 16.9. The first kappa shape index (κ1) is 19.9. The molecule has 0 spiro atoms. The number of hydrogen-bond acceptors (Lipinski definition) is 3. The van der Waals surface area contributed by atoms with E-state index in [-0.39, 0.29) is 28.0 Å². The Morgan fingerprint density at radius 1 is 1.33 bits per heavy atom. The van der Waals surface area contributed by atoms with Crippen molar-refractivity contribution in [3.8, 4) is 0 Å². The van der Waals surface area contributed by atoms with Crippen LogP contribution in [0.5, 0.6) is 0 Å². The van der Waals surface area contributed by atoms with Gasteiger partial charge in [0.15, 0.2) is 0 Å². The summed E-state index contributed by atoms with van der Waals surface area (Å²) < 4.78 is 34.4. The fraction of sp³-hybridized carbons (Fsp3) is 0.500. The number of halogens is 2. The van der Waals surface area contributed by atoms with E-state index in [1.165, 1.54) is 10.9 Å². The van der Waals surface area contributed by atoms with E-state index in [4.69, 9.17) is 17.0 Å². The van der Waals surface area contributed by atoms with Crippen molar-refractivity contribution in [2.24, 2.45) is 7.05 Å². The van der Waals surface area contributed by atoms with Crippen LogP contribution in [0.2, 0.25) is 0 Å². The minimum absolute atomic E-state index is 0.0464. The summed E-state index contributed by atoms with van der Waals surface area (Å²) in [6, 6.07) is 5.99. The Morgan fingerprint density at radius 3 is 2.63 bits per heavy atom. The molecule has 0 aliphatic carbocycles. The second-order valence-electron chi connectivity index (χ2n) is 6.84. The van der Waals surface area contributed by atoms with Crippen LogP contribution in [0.3, 0.4) is 0 Å². The summed E-state index contributed by atoms with van der Waals surface area (Å²) in [6.45, 7) is 6.34. The monoisotopic (exact) mass is 393 g/mol. The molecule has 0 radical (unpaired) electrons. The first-order valence-corrected chi connectivity index (χ1v) is 9.71. The number of rotatable bonds is 6. The predicted octanol–water partition coefficient (Wildman–Crippen LogP) is 5.64. The maximum absolute atomic E-state index is 13.3. The van der Waals surface area contributed by atoms with Crippen molar-refractivity contribution in [3.05, 3.63) is 46.8 Å². The summed E-state index contributed by atoms with van der Waals surface area (Å²) in [5.74, 6) is 0. The molecule has 0 saturated carbocycles. The number of nitrogens with one attached hydrogen (secondary N) is 1. The molecule has 7 heteroatoms. The first-order chi connectivity index (χ1) is 12.9. The van der Waals surface area contributed by atoms with Gasteiger partial charge in [0.2, 0.25) is 0 Å². The van der Waals surface area contributed by atoms with Gasteiger partial charge in [0.25, 0.3) is 6.43 Å². The molecule has 0 fully saturated rings. The van der Waals surface area contributed by atoms with E-state index in [1.807, 2.05) is 12.1 Å². The predicted molar refractivity (Wildman–Crippen MR) is 106 cm³/mol. The van der Waals surface area contributed by atoms with Crippen LogP contribution in [-0.4, -0.2) is 14.8 Å². The van der Waals surface area contributed by atoms with Crippen LogP contribution in [0, 0.1) is 0 Å². The van der Waals surface area contributed by atoms with Crippen molar-refractivity contribution in [3.63, 3.8) is 0 Å². The van der Waals surface area contributed by atoms with Gasteiger partial charge in [0.1, 0.15) is 10.7 Å². The molecule has 1 aliphatic rings. The van der Waals surface area contributed by atoms with Crippen LogP contribution in [0.25, 0.3) is 0 Å². The average Bonchev–Trinajstić information content (AvgIpc) is 3.21. The van der Waals surface area contributed by atoms with Gasteiger partial charge in [-0.3, -0.25) is 4.68 Å². The lowest BCUT2D eigenvalue weighted by Crippen LogP contribution is -2.23. The highest BCUT2D eigenvalue weighted by atomic mass is 32.1. The summed E-state index contributed by atoms with van der Waals surface area (Å²) in [6.07, 6.45) is 1.38. The Balaban J connectivity index is 2.01. The molecule has 4 nitrogen and oxygen atoms in total. The number of ether oxygens (including phenoxy) is 1. The SMILES string of the molecule is CCC1OC(CC)(CC)c2cccc(NC(=S)c3cn(C)nc3C(F)F)c21. The van der Waals surface area contributed by atoms with Crippen molar-refractivity contribution in [2.45, 2.75) is 58.2 Å². The molecule has 27 heavy (non-hydrogen) atoms.